The van der Waals surface area contributed by atoms with Crippen LogP contribution in [0.25, 0.3) is 0 Å². The van der Waals surface area contributed by atoms with Gasteiger partial charge in [-0.3, -0.25) is 9.59 Å². The van der Waals surface area contributed by atoms with Crippen molar-refractivity contribution in [1.29, 1.82) is 0 Å². The summed E-state index contributed by atoms with van der Waals surface area (Å²) in [6.45, 7) is 3.35. The van der Waals surface area contributed by atoms with Crippen molar-refractivity contribution < 1.29 is 14.3 Å². The molecule has 2 atom stereocenters. The Bertz CT molecular complexity index is 268. The second kappa shape index (κ2) is 5.69. The standard InChI is InChI=1S/C12H18O3/c1-3-4-5-6-10-11(14)7-8-12(10)15-9(2)13/h3-4,10,12H,5-8H2,1-2H3. The SMILES string of the molecule is CC=CCCC1C(=O)CCC1OC(C)=O. The summed E-state index contributed by atoms with van der Waals surface area (Å²) in [6, 6.07) is 0. The molecule has 1 rings (SSSR count). The Labute approximate surface area is 90.5 Å². The first kappa shape index (κ1) is 12.0. The van der Waals surface area contributed by atoms with E-state index in [4.69, 9.17) is 4.74 Å². The molecule has 0 aromatic heterocycles. The Morgan fingerprint density at radius 2 is 2.33 bits per heavy atom. The Morgan fingerprint density at radius 3 is 2.93 bits per heavy atom. The van der Waals surface area contributed by atoms with Gasteiger partial charge in [0.15, 0.2) is 0 Å². The van der Waals surface area contributed by atoms with Crippen LogP contribution >= 0.6 is 0 Å². The Morgan fingerprint density at radius 1 is 1.60 bits per heavy atom. The number of ether oxygens (including phenoxy) is 1. The second-order valence-corrected chi connectivity index (χ2v) is 3.91. The van der Waals surface area contributed by atoms with Gasteiger partial charge in [0.1, 0.15) is 11.9 Å². The molecule has 0 aliphatic heterocycles. The zero-order valence-electron chi connectivity index (χ0n) is 9.36. The molecule has 0 saturated heterocycles. The number of Topliss-reactive ketones (excluding diaryl/α,β-unsaturated/α-hetero) is 1. The van der Waals surface area contributed by atoms with Crippen LogP contribution in [0.1, 0.15) is 39.5 Å². The Hall–Kier alpha value is -1.12. The predicted molar refractivity (Wildman–Crippen MR) is 57.3 cm³/mol. The van der Waals surface area contributed by atoms with Crippen LogP contribution in [0.15, 0.2) is 12.2 Å². The van der Waals surface area contributed by atoms with Crippen molar-refractivity contribution in [3.05, 3.63) is 12.2 Å². The van der Waals surface area contributed by atoms with Crippen molar-refractivity contribution in [2.24, 2.45) is 5.92 Å². The maximum absolute atomic E-state index is 11.5. The minimum atomic E-state index is -0.286. The van der Waals surface area contributed by atoms with Gasteiger partial charge in [0.25, 0.3) is 0 Å². The monoisotopic (exact) mass is 210 g/mol. The molecular weight excluding hydrogens is 192 g/mol. The van der Waals surface area contributed by atoms with Crippen molar-refractivity contribution in [3.8, 4) is 0 Å². The molecule has 0 radical (unpaired) electrons. The fourth-order valence-corrected chi connectivity index (χ4v) is 2.02. The summed E-state index contributed by atoms with van der Waals surface area (Å²) in [5, 5.41) is 0. The third kappa shape index (κ3) is 3.50. The molecule has 3 nitrogen and oxygen atoms in total. The molecule has 2 unspecified atom stereocenters. The van der Waals surface area contributed by atoms with Crippen LogP contribution in [0.5, 0.6) is 0 Å². The predicted octanol–water partition coefficient (Wildman–Crippen LogP) is 2.25. The largest absolute Gasteiger partial charge is 0.462 e. The lowest BCUT2D eigenvalue weighted by molar-refractivity contribution is -0.148. The Balaban J connectivity index is 2.48. The number of hydrogen-bond donors (Lipinski definition) is 0. The first-order valence-corrected chi connectivity index (χ1v) is 5.46. The minimum absolute atomic E-state index is 0.0786. The fraction of sp³-hybridized carbons (Fsp3) is 0.667. The number of carbonyl (C=O) groups excluding carboxylic acids is 2. The quantitative estimate of drug-likeness (QED) is 0.528. The zero-order chi connectivity index (χ0) is 11.3. The van der Waals surface area contributed by atoms with Crippen LogP contribution in [0.3, 0.4) is 0 Å². The van der Waals surface area contributed by atoms with Gasteiger partial charge in [-0.25, -0.2) is 0 Å². The van der Waals surface area contributed by atoms with E-state index in [1.54, 1.807) is 0 Å². The van der Waals surface area contributed by atoms with Gasteiger partial charge in [0, 0.05) is 13.3 Å². The molecule has 0 heterocycles. The molecule has 0 aromatic rings. The lowest BCUT2D eigenvalue weighted by atomic mass is 9.98. The number of carbonyl (C=O) groups is 2. The lowest BCUT2D eigenvalue weighted by Crippen LogP contribution is -2.24. The topological polar surface area (TPSA) is 43.4 Å². The first-order valence-electron chi connectivity index (χ1n) is 5.46. The van der Waals surface area contributed by atoms with Crippen LogP contribution in [-0.2, 0) is 14.3 Å². The number of ketones is 1. The van der Waals surface area contributed by atoms with Crippen LogP contribution in [0.2, 0.25) is 0 Å². The average Bonchev–Trinajstić information content (AvgIpc) is 2.49. The van der Waals surface area contributed by atoms with Crippen LogP contribution in [0.4, 0.5) is 0 Å². The maximum Gasteiger partial charge on any atom is 0.302 e. The van der Waals surface area contributed by atoms with E-state index in [-0.39, 0.29) is 23.8 Å². The normalized spacial score (nSPS) is 26.1. The molecule has 15 heavy (non-hydrogen) atoms. The van der Waals surface area contributed by atoms with Gasteiger partial charge >= 0.3 is 5.97 Å². The second-order valence-electron chi connectivity index (χ2n) is 3.91. The van der Waals surface area contributed by atoms with Crippen LogP contribution in [-0.4, -0.2) is 17.9 Å². The molecule has 0 bridgehead atoms. The lowest BCUT2D eigenvalue weighted by Gasteiger charge is -2.17. The molecule has 1 aliphatic carbocycles. The molecule has 0 N–H and O–H groups in total. The summed E-state index contributed by atoms with van der Waals surface area (Å²) >= 11 is 0. The maximum atomic E-state index is 11.5. The summed E-state index contributed by atoms with van der Waals surface area (Å²) in [6.07, 6.45) is 6.75. The van der Waals surface area contributed by atoms with Gasteiger partial charge in [-0.05, 0) is 26.2 Å². The van der Waals surface area contributed by atoms with Gasteiger partial charge < -0.3 is 4.74 Å². The number of rotatable bonds is 4. The van der Waals surface area contributed by atoms with E-state index < -0.39 is 0 Å². The number of hydrogen-bond acceptors (Lipinski definition) is 3. The highest BCUT2D eigenvalue weighted by atomic mass is 16.5. The zero-order valence-corrected chi connectivity index (χ0v) is 9.36. The van der Waals surface area contributed by atoms with E-state index in [0.29, 0.717) is 12.8 Å². The van der Waals surface area contributed by atoms with Crippen molar-refractivity contribution in [2.75, 3.05) is 0 Å². The number of esters is 1. The smallest absolute Gasteiger partial charge is 0.302 e. The van der Waals surface area contributed by atoms with E-state index >= 15 is 0 Å². The van der Waals surface area contributed by atoms with E-state index in [1.165, 1.54) is 6.92 Å². The molecule has 1 saturated carbocycles. The highest BCUT2D eigenvalue weighted by Gasteiger charge is 2.35. The van der Waals surface area contributed by atoms with Gasteiger partial charge in [0.2, 0.25) is 0 Å². The fourth-order valence-electron chi connectivity index (χ4n) is 2.02. The molecule has 3 heteroatoms. The van der Waals surface area contributed by atoms with Crippen molar-refractivity contribution in [2.45, 2.75) is 45.6 Å². The van der Waals surface area contributed by atoms with Crippen LogP contribution in [0, 0.1) is 5.92 Å². The van der Waals surface area contributed by atoms with E-state index in [2.05, 4.69) is 0 Å². The van der Waals surface area contributed by atoms with E-state index in [9.17, 15) is 9.59 Å². The summed E-state index contributed by atoms with van der Waals surface area (Å²) in [7, 11) is 0. The third-order valence-corrected chi connectivity index (χ3v) is 2.73. The summed E-state index contributed by atoms with van der Waals surface area (Å²) in [5.74, 6) is -0.124. The average molecular weight is 210 g/mol. The van der Waals surface area contributed by atoms with Gasteiger partial charge in [0.05, 0.1) is 5.92 Å². The third-order valence-electron chi connectivity index (χ3n) is 2.73. The van der Waals surface area contributed by atoms with Crippen molar-refractivity contribution >= 4 is 11.8 Å². The molecule has 0 aromatic carbocycles. The van der Waals surface area contributed by atoms with Crippen LogP contribution < -0.4 is 0 Å². The molecule has 1 aliphatic rings. The summed E-state index contributed by atoms with van der Waals surface area (Å²) in [5.41, 5.74) is 0. The molecular formula is C12H18O3. The van der Waals surface area contributed by atoms with Crippen molar-refractivity contribution in [1.82, 2.24) is 0 Å². The van der Waals surface area contributed by atoms with Gasteiger partial charge in [-0.15, -0.1) is 0 Å². The molecule has 0 amide bonds. The highest BCUT2D eigenvalue weighted by Crippen LogP contribution is 2.29. The summed E-state index contributed by atoms with van der Waals surface area (Å²) < 4.78 is 5.14. The van der Waals surface area contributed by atoms with E-state index in [1.807, 2.05) is 19.1 Å². The molecule has 84 valence electrons. The highest BCUT2D eigenvalue weighted by molar-refractivity contribution is 5.84. The number of allylic oxidation sites excluding steroid dienone is 2. The molecule has 1 fully saturated rings. The summed E-state index contributed by atoms with van der Waals surface area (Å²) in [4.78, 5) is 22.4. The van der Waals surface area contributed by atoms with Gasteiger partial charge in [-0.1, -0.05) is 12.2 Å². The van der Waals surface area contributed by atoms with Gasteiger partial charge in [-0.2, -0.15) is 0 Å². The Kier molecular flexibility index (Phi) is 4.53. The molecule has 0 spiro atoms. The van der Waals surface area contributed by atoms with Crippen molar-refractivity contribution in [3.63, 3.8) is 0 Å². The van der Waals surface area contributed by atoms with E-state index in [0.717, 1.165) is 12.8 Å². The first-order chi connectivity index (χ1) is 7.15. The minimum Gasteiger partial charge on any atom is -0.462 e.